The van der Waals surface area contributed by atoms with Crippen LogP contribution in [-0.4, -0.2) is 47.2 Å². The second kappa shape index (κ2) is 13.1. The molecule has 7 nitrogen and oxygen atoms in total. The Labute approximate surface area is 206 Å². The van der Waals surface area contributed by atoms with Gasteiger partial charge in [-0.3, -0.25) is 4.99 Å². The molecule has 1 aliphatic heterocycles. The van der Waals surface area contributed by atoms with Crippen molar-refractivity contribution < 1.29 is 17.5 Å². The molecule has 1 aliphatic rings. The number of nitrogens with one attached hydrogen (secondary N) is 3. The number of hydrogen-bond acceptors (Lipinski definition) is 4. The summed E-state index contributed by atoms with van der Waals surface area (Å²) in [7, 11) is -1.87. The highest BCUT2D eigenvalue weighted by Crippen LogP contribution is 2.14. The van der Waals surface area contributed by atoms with Gasteiger partial charge in [0.1, 0.15) is 5.82 Å². The maximum atomic E-state index is 13.0. The normalized spacial score (nSPS) is 16.4. The second-order valence-electron chi connectivity index (χ2n) is 7.36. The molecule has 0 spiro atoms. The number of sulfonamides is 1. The van der Waals surface area contributed by atoms with E-state index in [-0.39, 0.29) is 40.8 Å². The molecule has 1 unspecified atom stereocenters. The van der Waals surface area contributed by atoms with Gasteiger partial charge in [0.05, 0.1) is 11.0 Å². The van der Waals surface area contributed by atoms with Gasteiger partial charge in [0.15, 0.2) is 5.96 Å². The second-order valence-corrected chi connectivity index (χ2v) is 9.13. The third-order valence-electron chi connectivity index (χ3n) is 5.06. The highest BCUT2D eigenvalue weighted by molar-refractivity contribution is 14.0. The summed E-state index contributed by atoms with van der Waals surface area (Å²) in [4.78, 5) is 4.42. The molecular weight excluding hydrogens is 546 g/mol. The third kappa shape index (κ3) is 8.30. The number of aliphatic imine (C=N–C) groups is 1. The first kappa shape index (κ1) is 26.5. The van der Waals surface area contributed by atoms with Gasteiger partial charge in [-0.2, -0.15) is 0 Å². The Balaban J connectivity index is 0.00000363. The van der Waals surface area contributed by atoms with Gasteiger partial charge in [-0.05, 0) is 54.7 Å². The number of guanidine groups is 1. The van der Waals surface area contributed by atoms with Crippen LogP contribution < -0.4 is 15.4 Å². The Morgan fingerprint density at radius 1 is 1.09 bits per heavy atom. The van der Waals surface area contributed by atoms with Gasteiger partial charge in [0.2, 0.25) is 10.0 Å². The van der Waals surface area contributed by atoms with Crippen LogP contribution in [0.4, 0.5) is 4.39 Å². The Morgan fingerprint density at radius 3 is 2.41 bits per heavy atom. The molecule has 0 bridgehead atoms. The molecule has 1 fully saturated rings. The molecule has 0 aromatic heterocycles. The molecule has 0 saturated carbocycles. The minimum Gasteiger partial charge on any atom is -0.377 e. The van der Waals surface area contributed by atoms with Crippen LogP contribution in [0.15, 0.2) is 58.4 Å². The lowest BCUT2D eigenvalue weighted by Crippen LogP contribution is -2.37. The summed E-state index contributed by atoms with van der Waals surface area (Å²) in [5, 5.41) is 6.41. The zero-order valence-electron chi connectivity index (χ0n) is 18.0. The van der Waals surface area contributed by atoms with Crippen LogP contribution in [0.5, 0.6) is 0 Å². The largest absolute Gasteiger partial charge is 0.377 e. The Morgan fingerprint density at radius 2 is 1.78 bits per heavy atom. The molecule has 1 heterocycles. The van der Waals surface area contributed by atoms with E-state index < -0.39 is 10.0 Å². The highest BCUT2D eigenvalue weighted by Gasteiger charge is 2.20. The molecule has 0 aliphatic carbocycles. The standard InChI is InChI=1S/C22H29FN4O3S.HI/c1-24-22(25-13-12-17-4-8-19(23)9-5-17)26-15-18-6-10-21(11-7-18)31(28,29)27-16-20-3-2-14-30-20;/h4-11,20,27H,2-3,12-16H2,1H3,(H2,24,25,26);1H. The maximum absolute atomic E-state index is 13.0. The smallest absolute Gasteiger partial charge is 0.240 e. The van der Waals surface area contributed by atoms with E-state index in [0.29, 0.717) is 32.2 Å². The lowest BCUT2D eigenvalue weighted by atomic mass is 10.1. The van der Waals surface area contributed by atoms with Crippen molar-refractivity contribution in [1.82, 2.24) is 15.4 Å². The fourth-order valence-corrected chi connectivity index (χ4v) is 4.33. The fraction of sp³-hybridized carbons (Fsp3) is 0.409. The number of benzene rings is 2. The number of ether oxygens (including phenoxy) is 1. The van der Waals surface area contributed by atoms with Gasteiger partial charge < -0.3 is 15.4 Å². The quantitative estimate of drug-likeness (QED) is 0.243. The minimum absolute atomic E-state index is 0. The summed E-state index contributed by atoms with van der Waals surface area (Å²) in [6.45, 7) is 2.14. The Kier molecular flexibility index (Phi) is 10.8. The van der Waals surface area contributed by atoms with Crippen LogP contribution in [0.3, 0.4) is 0 Å². The monoisotopic (exact) mass is 576 g/mol. The zero-order valence-corrected chi connectivity index (χ0v) is 21.2. The summed E-state index contributed by atoms with van der Waals surface area (Å²) in [5.74, 6) is 0.392. The predicted octanol–water partition coefficient (Wildman–Crippen LogP) is 2.81. The molecule has 10 heteroatoms. The van der Waals surface area contributed by atoms with E-state index in [4.69, 9.17) is 4.74 Å². The molecule has 3 rings (SSSR count). The van der Waals surface area contributed by atoms with Gasteiger partial charge in [-0.15, -0.1) is 24.0 Å². The van der Waals surface area contributed by atoms with E-state index in [9.17, 15) is 12.8 Å². The van der Waals surface area contributed by atoms with Crippen molar-refractivity contribution in [2.45, 2.75) is 36.8 Å². The summed E-state index contributed by atoms with van der Waals surface area (Å²) < 4.78 is 45.9. The Bertz CT molecular complexity index is 964. The minimum atomic E-state index is -3.55. The first-order chi connectivity index (χ1) is 15.0. The summed E-state index contributed by atoms with van der Waals surface area (Å²) in [5.41, 5.74) is 1.97. The first-order valence-corrected chi connectivity index (χ1v) is 11.8. The van der Waals surface area contributed by atoms with Gasteiger partial charge in [0.25, 0.3) is 0 Å². The lowest BCUT2D eigenvalue weighted by Gasteiger charge is -2.13. The van der Waals surface area contributed by atoms with E-state index in [2.05, 4.69) is 20.3 Å². The summed E-state index contributed by atoms with van der Waals surface area (Å²) in [6, 6.07) is 13.2. The van der Waals surface area contributed by atoms with Crippen molar-refractivity contribution in [3.8, 4) is 0 Å². The molecule has 3 N–H and O–H groups in total. The fourth-order valence-electron chi connectivity index (χ4n) is 3.26. The van der Waals surface area contributed by atoms with Gasteiger partial charge in [0, 0.05) is 33.3 Å². The average Bonchev–Trinajstić information content (AvgIpc) is 3.30. The molecular formula is C22H30FIN4O3S. The molecule has 0 amide bonds. The van der Waals surface area contributed by atoms with Crippen molar-refractivity contribution >= 4 is 40.0 Å². The van der Waals surface area contributed by atoms with Crippen LogP contribution >= 0.6 is 24.0 Å². The lowest BCUT2D eigenvalue weighted by molar-refractivity contribution is 0.114. The van der Waals surface area contributed by atoms with Gasteiger partial charge in [-0.1, -0.05) is 24.3 Å². The average molecular weight is 576 g/mol. The van der Waals surface area contributed by atoms with Crippen molar-refractivity contribution in [1.29, 1.82) is 0 Å². The summed E-state index contributed by atoms with van der Waals surface area (Å²) >= 11 is 0. The molecule has 2 aromatic carbocycles. The van der Waals surface area contributed by atoms with E-state index >= 15 is 0 Å². The van der Waals surface area contributed by atoms with Crippen LogP contribution in [-0.2, 0) is 27.7 Å². The number of rotatable bonds is 9. The van der Waals surface area contributed by atoms with Gasteiger partial charge in [-0.25, -0.2) is 17.5 Å². The number of nitrogens with zero attached hydrogens (tertiary/aromatic N) is 1. The maximum Gasteiger partial charge on any atom is 0.240 e. The molecule has 1 atom stereocenters. The molecule has 176 valence electrons. The predicted molar refractivity (Wildman–Crippen MR) is 134 cm³/mol. The first-order valence-electron chi connectivity index (χ1n) is 10.4. The number of hydrogen-bond donors (Lipinski definition) is 3. The molecule has 1 saturated heterocycles. The highest BCUT2D eigenvalue weighted by atomic mass is 127. The van der Waals surface area contributed by atoms with Crippen molar-refractivity contribution in [2.75, 3.05) is 26.7 Å². The summed E-state index contributed by atoms with van der Waals surface area (Å²) in [6.07, 6.45) is 2.55. The van der Waals surface area contributed by atoms with E-state index in [1.165, 1.54) is 12.1 Å². The van der Waals surface area contributed by atoms with E-state index in [1.54, 1.807) is 43.4 Å². The van der Waals surface area contributed by atoms with Crippen LogP contribution in [0.25, 0.3) is 0 Å². The van der Waals surface area contributed by atoms with E-state index in [0.717, 1.165) is 30.4 Å². The topological polar surface area (TPSA) is 91.8 Å². The van der Waals surface area contributed by atoms with E-state index in [1.807, 2.05) is 0 Å². The Hall–Kier alpha value is -1.76. The van der Waals surface area contributed by atoms with Crippen LogP contribution in [0.1, 0.15) is 24.0 Å². The van der Waals surface area contributed by atoms with Crippen molar-refractivity contribution in [2.24, 2.45) is 4.99 Å². The molecule has 0 radical (unpaired) electrons. The zero-order chi connectivity index (χ0) is 22.1. The third-order valence-corrected chi connectivity index (χ3v) is 6.50. The SMILES string of the molecule is CN=C(NCCc1ccc(F)cc1)NCc1ccc(S(=O)(=O)NCC2CCCO2)cc1.I. The molecule has 2 aromatic rings. The van der Waals surface area contributed by atoms with Gasteiger partial charge >= 0.3 is 0 Å². The van der Waals surface area contributed by atoms with Crippen LogP contribution in [0, 0.1) is 5.82 Å². The van der Waals surface area contributed by atoms with Crippen molar-refractivity contribution in [3.63, 3.8) is 0 Å². The van der Waals surface area contributed by atoms with Crippen molar-refractivity contribution in [3.05, 3.63) is 65.5 Å². The molecule has 32 heavy (non-hydrogen) atoms. The number of halogens is 2. The van der Waals surface area contributed by atoms with Crippen LogP contribution in [0.2, 0.25) is 0 Å².